The molecule has 1 aliphatic rings. The zero-order valence-corrected chi connectivity index (χ0v) is 13.6. The number of aromatic nitrogens is 1. The van der Waals surface area contributed by atoms with Crippen molar-refractivity contribution in [2.24, 2.45) is 0 Å². The van der Waals surface area contributed by atoms with Crippen LogP contribution in [0.4, 0.5) is 5.69 Å². The molecule has 1 N–H and O–H groups in total. The van der Waals surface area contributed by atoms with E-state index < -0.39 is 0 Å². The summed E-state index contributed by atoms with van der Waals surface area (Å²) in [5.74, 6) is 0.318. The highest BCUT2D eigenvalue weighted by Crippen LogP contribution is 2.28. The molecule has 0 bridgehead atoms. The van der Waals surface area contributed by atoms with Crippen molar-refractivity contribution in [2.45, 2.75) is 6.54 Å². The summed E-state index contributed by atoms with van der Waals surface area (Å²) in [4.78, 5) is 9.12. The van der Waals surface area contributed by atoms with Crippen LogP contribution in [0.15, 0.2) is 60.8 Å². The lowest BCUT2D eigenvalue weighted by Crippen LogP contribution is -2.45. The SMILES string of the molecule is Oc1c(CN2CCN(c3ccccc3)CC2)ccc2cccnc12. The Morgan fingerprint density at radius 1 is 0.875 bits per heavy atom. The highest BCUT2D eigenvalue weighted by molar-refractivity contribution is 5.85. The fraction of sp³-hybridized carbons (Fsp3) is 0.250. The number of nitrogens with zero attached hydrogens (tertiary/aromatic N) is 3. The molecule has 4 rings (SSSR count). The molecule has 4 nitrogen and oxygen atoms in total. The van der Waals surface area contributed by atoms with Gasteiger partial charge >= 0.3 is 0 Å². The summed E-state index contributed by atoms with van der Waals surface area (Å²) in [6.45, 7) is 4.78. The number of phenols is 1. The van der Waals surface area contributed by atoms with Gasteiger partial charge in [0.2, 0.25) is 0 Å². The third kappa shape index (κ3) is 2.93. The first-order chi connectivity index (χ1) is 11.8. The maximum atomic E-state index is 10.5. The molecule has 1 fully saturated rings. The van der Waals surface area contributed by atoms with Crippen molar-refractivity contribution in [3.05, 3.63) is 66.4 Å². The molecule has 0 saturated carbocycles. The number of fused-ring (bicyclic) bond motifs is 1. The van der Waals surface area contributed by atoms with Crippen LogP contribution < -0.4 is 4.90 Å². The van der Waals surface area contributed by atoms with E-state index in [1.165, 1.54) is 5.69 Å². The van der Waals surface area contributed by atoms with Crippen LogP contribution in [0.1, 0.15) is 5.56 Å². The quantitative estimate of drug-likeness (QED) is 0.804. The van der Waals surface area contributed by atoms with Crippen molar-refractivity contribution >= 4 is 16.6 Å². The van der Waals surface area contributed by atoms with Crippen LogP contribution in [0.25, 0.3) is 10.9 Å². The van der Waals surface area contributed by atoms with Crippen molar-refractivity contribution in [1.82, 2.24) is 9.88 Å². The predicted octanol–water partition coefficient (Wildman–Crippen LogP) is 3.26. The summed E-state index contributed by atoms with van der Waals surface area (Å²) in [5.41, 5.74) is 2.93. The van der Waals surface area contributed by atoms with Gasteiger partial charge in [0.15, 0.2) is 0 Å². The van der Waals surface area contributed by atoms with Crippen LogP contribution >= 0.6 is 0 Å². The number of hydrogen-bond acceptors (Lipinski definition) is 4. The van der Waals surface area contributed by atoms with Crippen LogP contribution in [0.2, 0.25) is 0 Å². The molecule has 3 aromatic rings. The molecule has 4 heteroatoms. The summed E-state index contributed by atoms with van der Waals surface area (Å²) in [5, 5.41) is 11.5. The number of anilines is 1. The number of aromatic hydroxyl groups is 1. The summed E-state index contributed by atoms with van der Waals surface area (Å²) in [6.07, 6.45) is 1.73. The van der Waals surface area contributed by atoms with Gasteiger partial charge in [-0.2, -0.15) is 0 Å². The van der Waals surface area contributed by atoms with Crippen molar-refractivity contribution in [3.63, 3.8) is 0 Å². The van der Waals surface area contributed by atoms with Crippen LogP contribution in [0.5, 0.6) is 5.75 Å². The number of pyridine rings is 1. The molecule has 0 aliphatic carbocycles. The average molecular weight is 319 g/mol. The molecule has 0 spiro atoms. The number of piperazine rings is 1. The van der Waals surface area contributed by atoms with Gasteiger partial charge in [0.25, 0.3) is 0 Å². The molecule has 0 amide bonds. The molecular weight excluding hydrogens is 298 g/mol. The molecule has 1 aliphatic heterocycles. The summed E-state index contributed by atoms with van der Waals surface area (Å²) in [7, 11) is 0. The Hall–Kier alpha value is -2.59. The second-order valence-corrected chi connectivity index (χ2v) is 6.25. The Labute approximate surface area is 142 Å². The van der Waals surface area contributed by atoms with E-state index in [0.29, 0.717) is 11.3 Å². The lowest BCUT2D eigenvalue weighted by molar-refractivity contribution is 0.247. The number of phenolic OH excluding ortho intramolecular Hbond substituents is 1. The number of benzene rings is 2. The number of hydrogen-bond donors (Lipinski definition) is 1. The highest BCUT2D eigenvalue weighted by atomic mass is 16.3. The second-order valence-electron chi connectivity index (χ2n) is 6.25. The lowest BCUT2D eigenvalue weighted by Gasteiger charge is -2.36. The Kier molecular flexibility index (Phi) is 4.05. The van der Waals surface area contributed by atoms with E-state index >= 15 is 0 Å². The van der Waals surface area contributed by atoms with E-state index in [1.54, 1.807) is 6.20 Å². The van der Waals surface area contributed by atoms with Crippen molar-refractivity contribution in [1.29, 1.82) is 0 Å². The van der Waals surface area contributed by atoms with E-state index in [4.69, 9.17) is 0 Å². The van der Waals surface area contributed by atoms with Crippen LogP contribution in [0.3, 0.4) is 0 Å². The van der Waals surface area contributed by atoms with E-state index in [2.05, 4.69) is 45.1 Å². The van der Waals surface area contributed by atoms with Gasteiger partial charge in [0, 0.05) is 55.6 Å². The Balaban J connectivity index is 1.45. The zero-order valence-electron chi connectivity index (χ0n) is 13.6. The van der Waals surface area contributed by atoms with Gasteiger partial charge in [-0.25, -0.2) is 0 Å². The Morgan fingerprint density at radius 3 is 2.46 bits per heavy atom. The van der Waals surface area contributed by atoms with Crippen molar-refractivity contribution in [3.8, 4) is 5.75 Å². The molecular formula is C20H21N3O. The van der Waals surface area contributed by atoms with Crippen LogP contribution in [0, 0.1) is 0 Å². The van der Waals surface area contributed by atoms with E-state index in [9.17, 15) is 5.11 Å². The molecule has 1 aromatic heterocycles. The lowest BCUT2D eigenvalue weighted by atomic mass is 10.1. The Morgan fingerprint density at radius 2 is 1.67 bits per heavy atom. The number of rotatable bonds is 3. The van der Waals surface area contributed by atoms with Gasteiger partial charge in [-0.05, 0) is 18.2 Å². The minimum absolute atomic E-state index is 0.318. The maximum absolute atomic E-state index is 10.5. The minimum Gasteiger partial charge on any atom is -0.505 e. The highest BCUT2D eigenvalue weighted by Gasteiger charge is 2.18. The normalized spacial score (nSPS) is 15.8. The molecule has 0 unspecified atom stereocenters. The van der Waals surface area contributed by atoms with Gasteiger partial charge < -0.3 is 10.0 Å². The molecule has 1 saturated heterocycles. The predicted molar refractivity (Wildman–Crippen MR) is 97.3 cm³/mol. The summed E-state index contributed by atoms with van der Waals surface area (Å²) in [6, 6.07) is 18.5. The first-order valence-electron chi connectivity index (χ1n) is 8.39. The van der Waals surface area contributed by atoms with Gasteiger partial charge in [0.1, 0.15) is 11.3 Å². The fourth-order valence-electron chi connectivity index (χ4n) is 3.34. The maximum Gasteiger partial charge on any atom is 0.146 e. The van der Waals surface area contributed by atoms with E-state index in [-0.39, 0.29) is 0 Å². The van der Waals surface area contributed by atoms with Gasteiger partial charge in [-0.3, -0.25) is 9.88 Å². The standard InChI is InChI=1S/C20H21N3O/c24-20-17(9-8-16-5-4-10-21-19(16)20)15-22-11-13-23(14-12-22)18-6-2-1-3-7-18/h1-10,24H,11-15H2. The third-order valence-electron chi connectivity index (χ3n) is 4.72. The van der Waals surface area contributed by atoms with Crippen LogP contribution in [-0.4, -0.2) is 41.2 Å². The molecule has 0 radical (unpaired) electrons. The fourth-order valence-corrected chi connectivity index (χ4v) is 3.34. The van der Waals surface area contributed by atoms with Crippen molar-refractivity contribution < 1.29 is 5.11 Å². The third-order valence-corrected chi connectivity index (χ3v) is 4.72. The monoisotopic (exact) mass is 319 g/mol. The zero-order chi connectivity index (χ0) is 16.4. The summed E-state index contributed by atoms with van der Waals surface area (Å²) < 4.78 is 0. The van der Waals surface area contributed by atoms with Crippen LogP contribution in [-0.2, 0) is 6.54 Å². The average Bonchev–Trinajstić information content (AvgIpc) is 2.66. The van der Waals surface area contributed by atoms with Gasteiger partial charge in [-0.15, -0.1) is 0 Å². The van der Waals surface area contributed by atoms with E-state index in [0.717, 1.165) is 43.7 Å². The summed E-state index contributed by atoms with van der Waals surface area (Å²) >= 11 is 0. The first-order valence-corrected chi connectivity index (χ1v) is 8.39. The molecule has 2 aromatic carbocycles. The molecule has 122 valence electrons. The molecule has 2 heterocycles. The minimum atomic E-state index is 0.318. The van der Waals surface area contributed by atoms with Gasteiger partial charge in [-0.1, -0.05) is 36.4 Å². The smallest absolute Gasteiger partial charge is 0.146 e. The van der Waals surface area contributed by atoms with Crippen molar-refractivity contribution in [2.75, 3.05) is 31.1 Å². The second kappa shape index (κ2) is 6.49. The molecule has 24 heavy (non-hydrogen) atoms. The molecule has 0 atom stereocenters. The number of para-hydroxylation sites is 1. The topological polar surface area (TPSA) is 39.6 Å². The Bertz CT molecular complexity index is 827. The van der Waals surface area contributed by atoms with Gasteiger partial charge in [0.05, 0.1) is 0 Å². The first kappa shape index (κ1) is 15.0. The van der Waals surface area contributed by atoms with E-state index in [1.807, 2.05) is 24.3 Å². The largest absolute Gasteiger partial charge is 0.505 e.